The standard InChI is InChI=1S/C31H66P2.2C2H3N/c1-5-9-13-17-21-26-32(27-22-18-14-10-6-2)30-25-31-33(28-23-19-15-11-7-3)29-24-20-16-12-8-4;2*1-2-3/h5-31H2,1-4H3;2*1H3. The molecule has 0 N–H and O–H groups in total. The van der Waals surface area contributed by atoms with Crippen LogP contribution in [0.1, 0.15) is 176 Å². The molecule has 0 spiro atoms. The molecule has 4 heteroatoms. The summed E-state index contributed by atoms with van der Waals surface area (Å²) in [5.41, 5.74) is 0. The summed E-state index contributed by atoms with van der Waals surface area (Å²) in [7, 11) is 0.671. The molecular weight excluding hydrogens is 510 g/mol. The average Bonchev–Trinajstić information content (AvgIpc) is 2.92. The summed E-state index contributed by atoms with van der Waals surface area (Å²) in [5, 5.41) is 14.6. The van der Waals surface area contributed by atoms with Crippen molar-refractivity contribution in [2.24, 2.45) is 0 Å². The Morgan fingerprint density at radius 3 is 0.718 bits per heavy atom. The predicted octanol–water partition coefficient (Wildman–Crippen LogP) is 13.3. The number of nitrogens with zero attached hydrogens (tertiary/aromatic N) is 2. The van der Waals surface area contributed by atoms with Gasteiger partial charge in [0.25, 0.3) is 0 Å². The Hall–Kier alpha value is -0.160. The normalized spacial score (nSPS) is 10.4. The minimum atomic E-state index is 0.335. The highest BCUT2D eigenvalue weighted by Crippen LogP contribution is 2.43. The highest BCUT2D eigenvalue weighted by atomic mass is 31.1. The van der Waals surface area contributed by atoms with Gasteiger partial charge in [-0.25, -0.2) is 0 Å². The maximum Gasteiger partial charge on any atom is 0.0587 e. The first-order valence-corrected chi connectivity index (χ1v) is 21.0. The summed E-state index contributed by atoms with van der Waals surface area (Å²) < 4.78 is 0. The minimum absolute atomic E-state index is 0.335. The van der Waals surface area contributed by atoms with Gasteiger partial charge in [-0.3, -0.25) is 0 Å². The molecule has 0 heterocycles. The molecule has 0 aliphatic rings. The van der Waals surface area contributed by atoms with Crippen molar-refractivity contribution in [2.75, 3.05) is 37.0 Å². The van der Waals surface area contributed by atoms with E-state index in [4.69, 9.17) is 10.5 Å². The lowest BCUT2D eigenvalue weighted by Crippen LogP contribution is -2.01. The molecule has 0 saturated carbocycles. The van der Waals surface area contributed by atoms with Crippen LogP contribution in [0, 0.1) is 22.7 Å². The Morgan fingerprint density at radius 2 is 0.513 bits per heavy atom. The lowest BCUT2D eigenvalue weighted by atomic mass is 10.2. The van der Waals surface area contributed by atoms with Crippen molar-refractivity contribution in [3.8, 4) is 12.1 Å². The third-order valence-corrected chi connectivity index (χ3v) is 13.0. The van der Waals surface area contributed by atoms with Crippen molar-refractivity contribution in [3.63, 3.8) is 0 Å². The molecule has 0 radical (unpaired) electrons. The number of hydrogen-bond donors (Lipinski definition) is 0. The molecule has 0 fully saturated rings. The van der Waals surface area contributed by atoms with E-state index in [0.29, 0.717) is 15.8 Å². The predicted molar refractivity (Wildman–Crippen MR) is 185 cm³/mol. The van der Waals surface area contributed by atoms with Crippen LogP contribution in [0.5, 0.6) is 0 Å². The number of nitriles is 2. The maximum absolute atomic E-state index is 7.32. The van der Waals surface area contributed by atoms with Crippen LogP contribution in [0.4, 0.5) is 0 Å². The van der Waals surface area contributed by atoms with Gasteiger partial charge in [-0.1, -0.05) is 130 Å². The first-order valence-electron chi connectivity index (χ1n) is 17.2. The van der Waals surface area contributed by atoms with E-state index in [2.05, 4.69) is 27.7 Å². The lowest BCUT2D eigenvalue weighted by Gasteiger charge is -2.21. The van der Waals surface area contributed by atoms with E-state index in [0.717, 1.165) is 0 Å². The molecule has 39 heavy (non-hydrogen) atoms. The van der Waals surface area contributed by atoms with E-state index in [-0.39, 0.29) is 0 Å². The van der Waals surface area contributed by atoms with E-state index >= 15 is 0 Å². The zero-order valence-corrected chi connectivity index (χ0v) is 29.7. The SMILES string of the molecule is CC#N.CC#N.CCCCCCCP(CCCCCCC)CCCP(CCCCCCC)CCCCCCC. The minimum Gasteiger partial charge on any atom is -0.199 e. The molecule has 0 bridgehead atoms. The first-order chi connectivity index (χ1) is 19.1. The molecule has 0 aromatic heterocycles. The summed E-state index contributed by atoms with van der Waals surface area (Å²) in [6.07, 6.45) is 40.6. The van der Waals surface area contributed by atoms with Crippen molar-refractivity contribution in [1.29, 1.82) is 10.5 Å². The van der Waals surface area contributed by atoms with Crippen LogP contribution in [0.25, 0.3) is 0 Å². The second-order valence-corrected chi connectivity index (χ2v) is 16.5. The Balaban J connectivity index is -0.00000196. The van der Waals surface area contributed by atoms with Crippen LogP contribution in [0.3, 0.4) is 0 Å². The third kappa shape index (κ3) is 42.4. The van der Waals surface area contributed by atoms with Crippen molar-refractivity contribution >= 4 is 15.8 Å². The van der Waals surface area contributed by atoms with Crippen molar-refractivity contribution in [2.45, 2.75) is 176 Å². The van der Waals surface area contributed by atoms with E-state index < -0.39 is 0 Å². The molecule has 0 aromatic carbocycles. The van der Waals surface area contributed by atoms with Gasteiger partial charge in [0, 0.05) is 13.8 Å². The van der Waals surface area contributed by atoms with E-state index in [1.807, 2.05) is 0 Å². The third-order valence-electron chi connectivity index (χ3n) is 7.26. The van der Waals surface area contributed by atoms with E-state index in [1.54, 1.807) is 55.5 Å². The fourth-order valence-electron chi connectivity index (χ4n) is 4.94. The van der Waals surface area contributed by atoms with E-state index in [9.17, 15) is 0 Å². The van der Waals surface area contributed by atoms with Gasteiger partial charge in [-0.2, -0.15) is 10.5 Å². The van der Waals surface area contributed by atoms with Gasteiger partial charge >= 0.3 is 0 Å². The summed E-state index contributed by atoms with van der Waals surface area (Å²) in [6.45, 7) is 12.2. The molecule has 0 rings (SSSR count). The Bertz CT molecular complexity index is 426. The maximum atomic E-state index is 7.32. The molecule has 0 aliphatic carbocycles. The molecule has 0 aromatic rings. The first kappa shape index (κ1) is 43.3. The number of hydrogen-bond acceptors (Lipinski definition) is 2. The van der Waals surface area contributed by atoms with Gasteiger partial charge in [0.1, 0.15) is 0 Å². The highest BCUT2D eigenvalue weighted by molar-refractivity contribution is 7.58. The van der Waals surface area contributed by atoms with Crippen LogP contribution in [0.15, 0.2) is 0 Å². The monoisotopic (exact) mass is 583 g/mol. The van der Waals surface area contributed by atoms with Crippen molar-refractivity contribution in [1.82, 2.24) is 0 Å². The van der Waals surface area contributed by atoms with Gasteiger partial charge in [0.15, 0.2) is 0 Å². The molecule has 2 nitrogen and oxygen atoms in total. The lowest BCUT2D eigenvalue weighted by molar-refractivity contribution is 0.651. The van der Waals surface area contributed by atoms with Gasteiger partial charge < -0.3 is 0 Å². The van der Waals surface area contributed by atoms with E-state index in [1.165, 1.54) is 142 Å². The van der Waals surface area contributed by atoms with Gasteiger partial charge in [0.2, 0.25) is 0 Å². The van der Waals surface area contributed by atoms with Crippen LogP contribution < -0.4 is 0 Å². The number of rotatable bonds is 28. The molecular formula is C35H72N2P2. The summed E-state index contributed by atoms with van der Waals surface area (Å²) in [4.78, 5) is 0. The second-order valence-electron chi connectivity index (χ2n) is 11.1. The smallest absolute Gasteiger partial charge is 0.0587 e. The molecule has 0 unspecified atom stereocenters. The molecule has 0 atom stereocenters. The zero-order chi connectivity index (χ0) is 29.7. The fraction of sp³-hybridized carbons (Fsp3) is 0.943. The molecule has 0 saturated heterocycles. The number of unbranched alkanes of at least 4 members (excludes halogenated alkanes) is 16. The highest BCUT2D eigenvalue weighted by Gasteiger charge is 2.12. The Kier molecular flexibility index (Phi) is 47.0. The van der Waals surface area contributed by atoms with Crippen molar-refractivity contribution < 1.29 is 0 Å². The van der Waals surface area contributed by atoms with Gasteiger partial charge in [-0.15, -0.1) is 15.8 Å². The van der Waals surface area contributed by atoms with Gasteiger partial charge in [0.05, 0.1) is 12.1 Å². The zero-order valence-electron chi connectivity index (χ0n) is 27.9. The Labute approximate surface area is 251 Å². The largest absolute Gasteiger partial charge is 0.199 e. The summed E-state index contributed by atoms with van der Waals surface area (Å²) in [6, 6.07) is 3.50. The molecule has 0 aliphatic heterocycles. The molecule has 232 valence electrons. The average molecular weight is 583 g/mol. The van der Waals surface area contributed by atoms with Crippen LogP contribution in [0.2, 0.25) is 0 Å². The quantitative estimate of drug-likeness (QED) is 0.0680. The fourth-order valence-corrected chi connectivity index (χ4v) is 10.4. The Morgan fingerprint density at radius 1 is 0.333 bits per heavy atom. The van der Waals surface area contributed by atoms with Crippen LogP contribution >= 0.6 is 15.8 Å². The second kappa shape index (κ2) is 42.3. The summed E-state index contributed by atoms with van der Waals surface area (Å²) in [5.74, 6) is 0. The topological polar surface area (TPSA) is 47.6 Å². The van der Waals surface area contributed by atoms with Gasteiger partial charge in [-0.05, 0) is 69.1 Å². The van der Waals surface area contributed by atoms with Crippen LogP contribution in [-0.2, 0) is 0 Å². The summed E-state index contributed by atoms with van der Waals surface area (Å²) >= 11 is 0. The molecule has 0 amide bonds. The van der Waals surface area contributed by atoms with Crippen molar-refractivity contribution in [3.05, 3.63) is 0 Å². The van der Waals surface area contributed by atoms with Crippen LogP contribution in [-0.4, -0.2) is 37.0 Å².